The topological polar surface area (TPSA) is 88.8 Å². The summed E-state index contributed by atoms with van der Waals surface area (Å²) in [7, 11) is 0. The average Bonchev–Trinajstić information content (AvgIpc) is 2.60. The Kier molecular flexibility index (Phi) is 4.54. The molecule has 1 aliphatic rings. The molecule has 2 rings (SSSR count). The third-order valence-electron chi connectivity index (χ3n) is 3.17. The van der Waals surface area contributed by atoms with Crippen LogP contribution < -0.4 is 10.6 Å². The minimum absolute atomic E-state index is 0.000705. The zero-order valence-electron chi connectivity index (χ0n) is 13.2. The number of nitrogens with two attached hydrogens (primary N) is 1. The molecule has 2 amide bonds. The first-order valence-corrected chi connectivity index (χ1v) is 7.26. The van der Waals surface area contributed by atoms with Crippen LogP contribution in [0.4, 0.5) is 16.3 Å². The number of hydrogen-bond donors (Lipinski definition) is 1. The number of amides is 2. The molecule has 1 aromatic rings. The molecule has 22 heavy (non-hydrogen) atoms. The molecule has 2 heterocycles. The van der Waals surface area contributed by atoms with Crippen LogP contribution in [0.15, 0.2) is 18.3 Å². The summed E-state index contributed by atoms with van der Waals surface area (Å²) in [5.74, 6) is 0.247. The summed E-state index contributed by atoms with van der Waals surface area (Å²) in [5.41, 5.74) is 5.67. The van der Waals surface area contributed by atoms with E-state index in [4.69, 9.17) is 10.5 Å². The monoisotopic (exact) mass is 306 g/mol. The highest BCUT2D eigenvalue weighted by Gasteiger charge is 2.29. The average molecular weight is 306 g/mol. The normalized spacial score (nSPS) is 16.4. The summed E-state index contributed by atoms with van der Waals surface area (Å²) in [6.45, 7) is 6.42. The van der Waals surface area contributed by atoms with Gasteiger partial charge in [0.15, 0.2) is 0 Å². The Bertz CT molecular complexity index is 551. The number of nitrogen functional groups attached to an aromatic ring is 1. The minimum atomic E-state index is -0.576. The molecule has 120 valence electrons. The Balaban J connectivity index is 2.07. The van der Waals surface area contributed by atoms with E-state index in [0.717, 1.165) is 0 Å². The van der Waals surface area contributed by atoms with Gasteiger partial charge >= 0.3 is 6.09 Å². The zero-order valence-corrected chi connectivity index (χ0v) is 13.2. The van der Waals surface area contributed by atoms with E-state index >= 15 is 0 Å². The fourth-order valence-electron chi connectivity index (χ4n) is 2.18. The standard InChI is InChI=1S/C15H22N4O3/c1-15(2,3)22-14(21)18-7-4-8-19(13(20)10-18)11-5-6-12(16)17-9-11/h5-6,9H,4,7-8,10H2,1-3H3,(H2,16,17). The van der Waals surface area contributed by atoms with Gasteiger partial charge in [0, 0.05) is 13.1 Å². The molecule has 0 saturated carbocycles. The molecule has 7 heteroatoms. The number of carbonyl (C=O) groups excluding carboxylic acids is 2. The van der Waals surface area contributed by atoms with E-state index in [1.54, 1.807) is 44.0 Å². The summed E-state index contributed by atoms with van der Waals surface area (Å²) < 4.78 is 5.33. The van der Waals surface area contributed by atoms with Gasteiger partial charge in [0.2, 0.25) is 5.91 Å². The maximum absolute atomic E-state index is 12.4. The highest BCUT2D eigenvalue weighted by Crippen LogP contribution is 2.18. The number of aromatic nitrogens is 1. The molecule has 0 aliphatic carbocycles. The lowest BCUT2D eigenvalue weighted by Gasteiger charge is -2.26. The lowest BCUT2D eigenvalue weighted by molar-refractivity contribution is -0.119. The van der Waals surface area contributed by atoms with Gasteiger partial charge in [0.25, 0.3) is 0 Å². The first-order chi connectivity index (χ1) is 10.3. The summed E-state index contributed by atoms with van der Waals surface area (Å²) in [6, 6.07) is 3.41. The van der Waals surface area contributed by atoms with E-state index in [2.05, 4.69) is 4.98 Å². The van der Waals surface area contributed by atoms with Crippen molar-refractivity contribution in [1.82, 2.24) is 9.88 Å². The molecule has 0 bridgehead atoms. The number of nitrogens with zero attached hydrogens (tertiary/aromatic N) is 3. The summed E-state index contributed by atoms with van der Waals surface area (Å²) in [5, 5.41) is 0. The van der Waals surface area contributed by atoms with Crippen LogP contribution in [-0.2, 0) is 9.53 Å². The van der Waals surface area contributed by atoms with Gasteiger partial charge in [-0.1, -0.05) is 0 Å². The fourth-order valence-corrected chi connectivity index (χ4v) is 2.18. The molecule has 1 fully saturated rings. The first kappa shape index (κ1) is 16.1. The van der Waals surface area contributed by atoms with Gasteiger partial charge in [-0.15, -0.1) is 0 Å². The third kappa shape index (κ3) is 4.09. The van der Waals surface area contributed by atoms with E-state index in [-0.39, 0.29) is 12.5 Å². The second-order valence-corrected chi connectivity index (χ2v) is 6.24. The number of anilines is 2. The van der Waals surface area contributed by atoms with Gasteiger partial charge in [-0.05, 0) is 39.3 Å². The highest BCUT2D eigenvalue weighted by atomic mass is 16.6. The van der Waals surface area contributed by atoms with Crippen molar-refractivity contribution >= 4 is 23.5 Å². The minimum Gasteiger partial charge on any atom is -0.444 e. The molecule has 0 aromatic carbocycles. The maximum atomic E-state index is 12.4. The van der Waals surface area contributed by atoms with Crippen molar-refractivity contribution in [3.05, 3.63) is 18.3 Å². The second kappa shape index (κ2) is 6.21. The SMILES string of the molecule is CC(C)(C)OC(=O)N1CCCN(c2ccc(N)nc2)C(=O)C1. The Labute approximate surface area is 130 Å². The number of pyridine rings is 1. The van der Waals surface area contributed by atoms with E-state index in [9.17, 15) is 9.59 Å². The van der Waals surface area contributed by atoms with E-state index < -0.39 is 11.7 Å². The van der Waals surface area contributed by atoms with Gasteiger partial charge in [-0.25, -0.2) is 9.78 Å². The molecule has 1 saturated heterocycles. The predicted octanol–water partition coefficient (Wildman–Crippen LogP) is 1.64. The third-order valence-corrected chi connectivity index (χ3v) is 3.17. The molecular weight excluding hydrogens is 284 g/mol. The summed E-state index contributed by atoms with van der Waals surface area (Å²) >= 11 is 0. The van der Waals surface area contributed by atoms with Crippen LogP contribution in [0.3, 0.4) is 0 Å². The van der Waals surface area contributed by atoms with Crippen LogP contribution in [-0.4, -0.2) is 47.1 Å². The zero-order chi connectivity index (χ0) is 16.3. The van der Waals surface area contributed by atoms with Crippen molar-refractivity contribution in [1.29, 1.82) is 0 Å². The quantitative estimate of drug-likeness (QED) is 0.852. The number of hydrogen-bond acceptors (Lipinski definition) is 5. The molecule has 7 nitrogen and oxygen atoms in total. The van der Waals surface area contributed by atoms with E-state index in [1.165, 1.54) is 4.90 Å². The van der Waals surface area contributed by atoms with Crippen molar-refractivity contribution in [2.75, 3.05) is 30.3 Å². The van der Waals surface area contributed by atoms with Crippen molar-refractivity contribution in [2.24, 2.45) is 0 Å². The van der Waals surface area contributed by atoms with Crippen LogP contribution >= 0.6 is 0 Å². The molecular formula is C15H22N4O3. The van der Waals surface area contributed by atoms with E-state index in [1.807, 2.05) is 0 Å². The van der Waals surface area contributed by atoms with Crippen LogP contribution in [0, 0.1) is 0 Å². The molecule has 0 radical (unpaired) electrons. The fraction of sp³-hybridized carbons (Fsp3) is 0.533. The Hall–Kier alpha value is -2.31. The van der Waals surface area contributed by atoms with Gasteiger partial charge in [0.1, 0.15) is 18.0 Å². The summed E-state index contributed by atoms with van der Waals surface area (Å²) in [4.78, 5) is 31.6. The molecule has 0 unspecified atom stereocenters. The number of ether oxygens (including phenoxy) is 1. The Morgan fingerprint density at radius 2 is 2.05 bits per heavy atom. The van der Waals surface area contributed by atoms with Crippen molar-refractivity contribution in [2.45, 2.75) is 32.8 Å². The summed E-state index contributed by atoms with van der Waals surface area (Å²) in [6.07, 6.45) is 1.78. The molecule has 1 aliphatic heterocycles. The number of carbonyl (C=O) groups is 2. The van der Waals surface area contributed by atoms with Crippen LogP contribution in [0.5, 0.6) is 0 Å². The highest BCUT2D eigenvalue weighted by molar-refractivity contribution is 5.96. The lowest BCUT2D eigenvalue weighted by Crippen LogP contribution is -2.41. The van der Waals surface area contributed by atoms with Gasteiger partial charge in [-0.2, -0.15) is 0 Å². The molecule has 0 spiro atoms. The van der Waals surface area contributed by atoms with Crippen LogP contribution in [0.25, 0.3) is 0 Å². The van der Waals surface area contributed by atoms with Gasteiger partial charge < -0.3 is 15.4 Å². The Morgan fingerprint density at radius 3 is 2.64 bits per heavy atom. The largest absolute Gasteiger partial charge is 0.444 e. The van der Waals surface area contributed by atoms with Crippen LogP contribution in [0.2, 0.25) is 0 Å². The lowest BCUT2D eigenvalue weighted by atomic mass is 10.2. The maximum Gasteiger partial charge on any atom is 0.410 e. The van der Waals surface area contributed by atoms with Crippen molar-refractivity contribution < 1.29 is 14.3 Å². The predicted molar refractivity (Wildman–Crippen MR) is 83.4 cm³/mol. The van der Waals surface area contributed by atoms with E-state index in [0.29, 0.717) is 31.0 Å². The molecule has 2 N–H and O–H groups in total. The molecule has 0 atom stereocenters. The smallest absolute Gasteiger partial charge is 0.410 e. The second-order valence-electron chi connectivity index (χ2n) is 6.24. The molecule has 1 aromatic heterocycles. The van der Waals surface area contributed by atoms with Crippen molar-refractivity contribution in [3.8, 4) is 0 Å². The van der Waals surface area contributed by atoms with Gasteiger partial charge in [-0.3, -0.25) is 9.69 Å². The van der Waals surface area contributed by atoms with Gasteiger partial charge in [0.05, 0.1) is 11.9 Å². The van der Waals surface area contributed by atoms with Crippen molar-refractivity contribution in [3.63, 3.8) is 0 Å². The first-order valence-electron chi connectivity index (χ1n) is 7.26. The van der Waals surface area contributed by atoms with Crippen LogP contribution in [0.1, 0.15) is 27.2 Å². The number of rotatable bonds is 1. The Morgan fingerprint density at radius 1 is 1.32 bits per heavy atom.